The lowest BCUT2D eigenvalue weighted by molar-refractivity contribution is -0.167. The molecule has 2 unspecified atom stereocenters. The molecule has 0 aliphatic carbocycles. The lowest BCUT2D eigenvalue weighted by Crippen LogP contribution is -2.77. The molecule has 2 spiro atoms. The smallest absolute Gasteiger partial charge is 0.265 e. The summed E-state index contributed by atoms with van der Waals surface area (Å²) in [7, 11) is 12.2. The average Bonchev–Trinajstić information content (AvgIpc) is 3.77. The highest BCUT2D eigenvalue weighted by molar-refractivity contribution is 8.78. The van der Waals surface area contributed by atoms with Gasteiger partial charge in [0.25, 0.3) is 23.6 Å². The van der Waals surface area contributed by atoms with E-state index in [2.05, 4.69) is 22.8 Å². The van der Waals surface area contributed by atoms with Gasteiger partial charge in [0, 0.05) is 52.5 Å². The first kappa shape index (κ1) is 30.1. The molecule has 250 valence electrons. The van der Waals surface area contributed by atoms with Crippen molar-refractivity contribution in [3.05, 3.63) is 59.7 Å². The van der Waals surface area contributed by atoms with Gasteiger partial charge in [0.2, 0.25) is 9.74 Å². The molecular weight excluding hydrogens is 693 g/mol. The van der Waals surface area contributed by atoms with Crippen LogP contribution in [0.25, 0.3) is 0 Å². The zero-order valence-corrected chi connectivity index (χ0v) is 29.7. The van der Waals surface area contributed by atoms with Crippen LogP contribution in [0.4, 0.5) is 11.4 Å². The average molecular weight is 725 g/mol. The molecule has 48 heavy (non-hydrogen) atoms. The summed E-state index contributed by atoms with van der Waals surface area (Å²) in [4.78, 5) is 61.3. The van der Waals surface area contributed by atoms with Crippen molar-refractivity contribution in [3.8, 4) is 0 Å². The molecule has 8 saturated heterocycles. The minimum atomic E-state index is -1.23. The van der Waals surface area contributed by atoms with E-state index in [-0.39, 0.29) is 36.8 Å². The SMILES string of the molecule is COC[C@]12SSC3(C[C@]4(C56C[C@@]78SS[C@@](COC)(C(=O)N7[C@H]5Nc5ccccc56)N(C)C8=O)c5ccccc5N[C@@H]4N3C1=O)C(=O)N2C. The number of nitrogens with zero attached hydrogens (tertiary/aromatic N) is 4. The maximum Gasteiger partial charge on any atom is 0.265 e. The predicted molar refractivity (Wildman–Crippen MR) is 185 cm³/mol. The Balaban J connectivity index is 1.27. The summed E-state index contributed by atoms with van der Waals surface area (Å²) >= 11 is 0. The van der Waals surface area contributed by atoms with Crippen LogP contribution in [0, 0.1) is 0 Å². The minimum Gasteiger partial charge on any atom is -0.381 e. The number of anilines is 2. The van der Waals surface area contributed by atoms with Gasteiger partial charge < -0.3 is 29.9 Å². The molecule has 4 bridgehead atoms. The number of nitrogens with one attached hydrogen (secondary N) is 2. The number of rotatable bonds is 5. The third-order valence-corrected chi connectivity index (χ3v) is 19.5. The zero-order chi connectivity index (χ0) is 33.2. The Morgan fingerprint density at radius 3 is 1.44 bits per heavy atom. The molecule has 0 aromatic heterocycles. The molecule has 0 saturated carbocycles. The van der Waals surface area contributed by atoms with E-state index in [1.54, 1.807) is 47.9 Å². The fourth-order valence-corrected chi connectivity index (χ4v) is 17.7. The highest BCUT2D eigenvalue weighted by Crippen LogP contribution is 2.78. The van der Waals surface area contributed by atoms with Crippen molar-refractivity contribution >= 4 is 78.2 Å². The largest absolute Gasteiger partial charge is 0.381 e. The van der Waals surface area contributed by atoms with Crippen LogP contribution in [0.5, 0.6) is 0 Å². The number of likely N-dealkylation sites (N-methyl/N-ethyl adjacent to an activating group) is 2. The van der Waals surface area contributed by atoms with Crippen molar-refractivity contribution in [1.29, 1.82) is 0 Å². The molecule has 10 aliphatic rings. The van der Waals surface area contributed by atoms with Gasteiger partial charge in [-0.3, -0.25) is 29.0 Å². The Bertz CT molecular complexity index is 1770. The van der Waals surface area contributed by atoms with E-state index in [0.717, 1.165) is 22.5 Å². The van der Waals surface area contributed by atoms with Gasteiger partial charge >= 0.3 is 0 Å². The third kappa shape index (κ3) is 2.79. The van der Waals surface area contributed by atoms with Crippen LogP contribution >= 0.6 is 43.2 Å². The van der Waals surface area contributed by atoms with Crippen LogP contribution in [0.15, 0.2) is 48.5 Å². The zero-order valence-electron chi connectivity index (χ0n) is 26.5. The fraction of sp³-hybridized carbons (Fsp3) is 0.500. The number of carbonyl (C=O) groups is 4. The molecule has 8 atom stereocenters. The summed E-state index contributed by atoms with van der Waals surface area (Å²) in [6.07, 6.45) is -0.716. The molecule has 16 heteroatoms. The summed E-state index contributed by atoms with van der Waals surface area (Å²) in [5.74, 6) is -0.650. The van der Waals surface area contributed by atoms with E-state index >= 15 is 0 Å². The number of hydrogen-bond donors (Lipinski definition) is 2. The van der Waals surface area contributed by atoms with Gasteiger partial charge in [0.15, 0.2) is 9.74 Å². The number of carbonyl (C=O) groups excluding carboxylic acids is 4. The Morgan fingerprint density at radius 1 is 0.646 bits per heavy atom. The molecule has 2 aromatic carbocycles. The van der Waals surface area contributed by atoms with E-state index < -0.39 is 42.6 Å². The van der Waals surface area contributed by atoms with Crippen molar-refractivity contribution in [3.63, 3.8) is 0 Å². The Morgan fingerprint density at radius 2 is 1.04 bits per heavy atom. The molecule has 8 fully saturated rings. The molecule has 0 radical (unpaired) electrons. The monoisotopic (exact) mass is 724 g/mol. The maximum atomic E-state index is 15.0. The number of hydrogen-bond acceptors (Lipinski definition) is 12. The Kier molecular flexibility index (Phi) is 5.72. The standard InChI is InChI=1S/C32H32N6O6S4/c1-35-23(39)29-13-27(17-9-5-7-11-19(17)33-21(27)37(29)25(41)31(35,15-43-3)47-45-29)28-14-30-24(40)36(2)32(16-44-4,48-46-30)26(42)38(30)22(28)34-20-12-8-6-10-18(20)28/h5-12,21-22,33-34H,13-16H2,1-4H3/t21-,22-,27+,28?,29?,30+,31+,32+/m1/s1. The molecule has 10 heterocycles. The minimum absolute atomic E-state index is 0.0464. The predicted octanol–water partition coefficient (Wildman–Crippen LogP) is 2.64. The van der Waals surface area contributed by atoms with Gasteiger partial charge in [-0.15, -0.1) is 0 Å². The number of para-hydroxylation sites is 2. The van der Waals surface area contributed by atoms with Crippen LogP contribution in [-0.2, 0) is 39.5 Å². The van der Waals surface area contributed by atoms with E-state index in [9.17, 15) is 19.2 Å². The van der Waals surface area contributed by atoms with Gasteiger partial charge in [-0.2, -0.15) is 0 Å². The molecule has 12 rings (SSSR count). The number of fused-ring (bicyclic) bond motifs is 11. The normalized spacial score (nSPS) is 42.4. The van der Waals surface area contributed by atoms with Gasteiger partial charge in [-0.05, 0) is 44.8 Å². The maximum absolute atomic E-state index is 15.0. The summed E-state index contributed by atoms with van der Waals surface area (Å²) in [6.45, 7) is 0.0929. The number of ether oxygens (including phenoxy) is 2. The van der Waals surface area contributed by atoms with Crippen molar-refractivity contribution < 1.29 is 28.7 Å². The molecule has 12 nitrogen and oxygen atoms in total. The quantitative estimate of drug-likeness (QED) is 0.441. The first-order chi connectivity index (χ1) is 23.1. The summed E-state index contributed by atoms with van der Waals surface area (Å²) in [5.41, 5.74) is 1.83. The van der Waals surface area contributed by atoms with Crippen LogP contribution in [0.3, 0.4) is 0 Å². The third-order valence-electron chi connectivity index (χ3n) is 12.2. The number of piperazine rings is 2. The van der Waals surface area contributed by atoms with E-state index in [4.69, 9.17) is 9.47 Å². The number of amides is 4. The van der Waals surface area contributed by atoms with Gasteiger partial charge in [0.1, 0.15) is 12.3 Å². The second-order valence-electron chi connectivity index (χ2n) is 13.9. The summed E-state index contributed by atoms with van der Waals surface area (Å²) in [5, 5.41) is 7.50. The molecule has 10 aliphatic heterocycles. The van der Waals surface area contributed by atoms with Crippen molar-refractivity contribution in [1.82, 2.24) is 19.6 Å². The Hall–Kier alpha value is -2.76. The van der Waals surface area contributed by atoms with E-state index in [1.807, 2.05) is 36.4 Å². The van der Waals surface area contributed by atoms with Crippen LogP contribution in [-0.4, -0.2) is 117 Å². The van der Waals surface area contributed by atoms with E-state index in [1.165, 1.54) is 43.2 Å². The van der Waals surface area contributed by atoms with Crippen LogP contribution in [0.1, 0.15) is 24.0 Å². The molecule has 4 amide bonds. The second-order valence-corrected chi connectivity index (χ2v) is 19.3. The van der Waals surface area contributed by atoms with Crippen molar-refractivity contribution in [2.24, 2.45) is 0 Å². The first-order valence-corrected chi connectivity index (χ1v) is 20.0. The fourth-order valence-electron chi connectivity index (χ4n) is 10.3. The second kappa shape index (κ2) is 9.12. The topological polar surface area (TPSA) is 124 Å². The highest BCUT2D eigenvalue weighted by atomic mass is 33.1. The van der Waals surface area contributed by atoms with Crippen molar-refractivity contribution in [2.75, 3.05) is 52.2 Å². The van der Waals surface area contributed by atoms with E-state index in [0.29, 0.717) is 12.8 Å². The van der Waals surface area contributed by atoms with Gasteiger partial charge in [-0.1, -0.05) is 58.0 Å². The Labute approximate surface area is 292 Å². The lowest BCUT2D eigenvalue weighted by atomic mass is 9.54. The highest BCUT2D eigenvalue weighted by Gasteiger charge is 2.87. The lowest BCUT2D eigenvalue weighted by Gasteiger charge is -2.58. The number of methoxy groups -OCH3 is 2. The van der Waals surface area contributed by atoms with Crippen LogP contribution < -0.4 is 10.6 Å². The van der Waals surface area contributed by atoms with Crippen molar-refractivity contribution in [2.45, 2.75) is 55.5 Å². The van der Waals surface area contributed by atoms with Crippen LogP contribution in [0.2, 0.25) is 0 Å². The summed E-state index contributed by atoms with van der Waals surface area (Å²) in [6, 6.07) is 16.1. The van der Waals surface area contributed by atoms with Gasteiger partial charge in [0.05, 0.1) is 24.0 Å². The number of benzene rings is 2. The molecule has 2 aromatic rings. The summed E-state index contributed by atoms with van der Waals surface area (Å²) < 4.78 is 11.2. The molecular formula is C32H32N6O6S4. The molecule has 2 N–H and O–H groups in total. The van der Waals surface area contributed by atoms with Gasteiger partial charge in [-0.25, -0.2) is 0 Å². The first-order valence-electron chi connectivity index (χ1n) is 15.7.